The molecule has 6 nitrogen and oxygen atoms in total. The van der Waals surface area contributed by atoms with Gasteiger partial charge in [-0.3, -0.25) is 4.79 Å². The van der Waals surface area contributed by atoms with E-state index in [0.29, 0.717) is 5.75 Å². The fourth-order valence-electron chi connectivity index (χ4n) is 2.72. The smallest absolute Gasteiger partial charge is 0.263 e. The zero-order valence-electron chi connectivity index (χ0n) is 15.4. The molecule has 27 heavy (non-hydrogen) atoms. The number of hydrogen-bond donors (Lipinski definition) is 0. The molecule has 0 N–H and O–H groups in total. The molecular weight excluding hydrogens is 347 g/mol. The lowest BCUT2D eigenvalue weighted by Gasteiger charge is -2.28. The van der Waals surface area contributed by atoms with E-state index in [9.17, 15) is 9.18 Å². The SMILES string of the molecule is C[C@H](Oc1ccc(F)cc1)C(=O)N(C)[C@H](C)c1ccc(-n2cncn2)cc1. The molecule has 0 spiro atoms. The van der Waals surface area contributed by atoms with Crippen LogP contribution in [0.3, 0.4) is 0 Å². The third-order valence-electron chi connectivity index (χ3n) is 4.46. The number of carbonyl (C=O) groups is 1. The van der Waals surface area contributed by atoms with Crippen molar-refractivity contribution in [3.63, 3.8) is 0 Å². The third-order valence-corrected chi connectivity index (χ3v) is 4.46. The molecule has 2 atom stereocenters. The summed E-state index contributed by atoms with van der Waals surface area (Å²) in [5.74, 6) is -0.0518. The molecule has 3 aromatic rings. The van der Waals surface area contributed by atoms with Crippen LogP contribution in [0.4, 0.5) is 4.39 Å². The summed E-state index contributed by atoms with van der Waals surface area (Å²) in [5.41, 5.74) is 1.88. The van der Waals surface area contributed by atoms with Gasteiger partial charge in [-0.25, -0.2) is 14.1 Å². The summed E-state index contributed by atoms with van der Waals surface area (Å²) < 4.78 is 20.3. The number of likely N-dealkylation sites (N-methyl/N-ethyl adjacent to an activating group) is 1. The number of rotatable bonds is 6. The summed E-state index contributed by atoms with van der Waals surface area (Å²) in [6, 6.07) is 13.2. The van der Waals surface area contributed by atoms with Crippen molar-refractivity contribution in [2.75, 3.05) is 7.05 Å². The summed E-state index contributed by atoms with van der Waals surface area (Å²) in [5, 5.41) is 4.09. The lowest BCUT2D eigenvalue weighted by Crippen LogP contribution is -2.39. The maximum Gasteiger partial charge on any atom is 0.263 e. The number of ether oxygens (including phenoxy) is 1. The lowest BCUT2D eigenvalue weighted by atomic mass is 10.1. The molecule has 1 aromatic heterocycles. The van der Waals surface area contributed by atoms with Crippen LogP contribution in [0.15, 0.2) is 61.2 Å². The Morgan fingerprint density at radius 3 is 2.37 bits per heavy atom. The number of nitrogens with zero attached hydrogens (tertiary/aromatic N) is 4. The summed E-state index contributed by atoms with van der Waals surface area (Å²) in [6.45, 7) is 3.63. The first-order chi connectivity index (χ1) is 13.0. The highest BCUT2D eigenvalue weighted by Crippen LogP contribution is 2.22. The van der Waals surface area contributed by atoms with Gasteiger partial charge in [-0.1, -0.05) is 12.1 Å². The summed E-state index contributed by atoms with van der Waals surface area (Å²) in [4.78, 5) is 18.3. The standard InChI is InChI=1S/C20H21FN4O2/c1-14(16-4-8-18(9-5-16)25-13-22-12-23-25)24(3)20(26)15(2)27-19-10-6-17(21)7-11-19/h4-15H,1-3H3/t14-,15+/m1/s1. The van der Waals surface area contributed by atoms with E-state index in [1.54, 1.807) is 29.9 Å². The highest BCUT2D eigenvalue weighted by molar-refractivity contribution is 5.81. The average Bonchev–Trinajstić information content (AvgIpc) is 3.23. The predicted octanol–water partition coefficient (Wildman–Crippen LogP) is 3.39. The largest absolute Gasteiger partial charge is 0.481 e. The van der Waals surface area contributed by atoms with Crippen molar-refractivity contribution in [2.24, 2.45) is 0 Å². The van der Waals surface area contributed by atoms with Crippen molar-refractivity contribution in [3.05, 3.63) is 72.6 Å². The molecule has 0 aliphatic rings. The monoisotopic (exact) mass is 368 g/mol. The first kappa shape index (κ1) is 18.6. The number of aromatic nitrogens is 3. The van der Waals surface area contributed by atoms with Crippen molar-refractivity contribution >= 4 is 5.91 Å². The van der Waals surface area contributed by atoms with Gasteiger partial charge in [-0.2, -0.15) is 5.10 Å². The predicted molar refractivity (Wildman–Crippen MR) is 99.0 cm³/mol. The van der Waals surface area contributed by atoms with Crippen LogP contribution in [0.25, 0.3) is 5.69 Å². The summed E-state index contributed by atoms with van der Waals surface area (Å²) in [7, 11) is 1.74. The van der Waals surface area contributed by atoms with Crippen molar-refractivity contribution in [3.8, 4) is 11.4 Å². The van der Waals surface area contributed by atoms with Gasteiger partial charge in [-0.05, 0) is 55.8 Å². The van der Waals surface area contributed by atoms with Gasteiger partial charge in [0.25, 0.3) is 5.91 Å². The van der Waals surface area contributed by atoms with Gasteiger partial charge in [0.1, 0.15) is 24.2 Å². The maximum absolute atomic E-state index is 13.0. The van der Waals surface area contributed by atoms with E-state index in [1.807, 2.05) is 31.2 Å². The van der Waals surface area contributed by atoms with E-state index in [1.165, 1.54) is 30.6 Å². The van der Waals surface area contributed by atoms with Crippen LogP contribution in [0.5, 0.6) is 5.75 Å². The van der Waals surface area contributed by atoms with Gasteiger partial charge in [0, 0.05) is 7.05 Å². The molecular formula is C20H21FN4O2. The Bertz CT molecular complexity index is 879. The normalized spacial score (nSPS) is 13.0. The minimum Gasteiger partial charge on any atom is -0.481 e. The number of halogens is 1. The molecule has 7 heteroatoms. The molecule has 0 saturated carbocycles. The summed E-state index contributed by atoms with van der Waals surface area (Å²) >= 11 is 0. The molecule has 2 aromatic carbocycles. The number of carbonyl (C=O) groups excluding carboxylic acids is 1. The minimum atomic E-state index is -0.683. The fraction of sp³-hybridized carbons (Fsp3) is 0.250. The van der Waals surface area contributed by atoms with Crippen molar-refractivity contribution < 1.29 is 13.9 Å². The van der Waals surface area contributed by atoms with E-state index in [4.69, 9.17) is 4.74 Å². The molecule has 0 aliphatic carbocycles. The van der Waals surface area contributed by atoms with Crippen molar-refractivity contribution in [1.29, 1.82) is 0 Å². The van der Waals surface area contributed by atoms with Crippen molar-refractivity contribution in [2.45, 2.75) is 26.0 Å². The first-order valence-corrected chi connectivity index (χ1v) is 8.59. The van der Waals surface area contributed by atoms with Gasteiger partial charge in [0.15, 0.2) is 6.10 Å². The Hall–Kier alpha value is -3.22. The second kappa shape index (κ2) is 7.99. The average molecular weight is 368 g/mol. The molecule has 0 unspecified atom stereocenters. The van der Waals surface area contributed by atoms with Crippen LogP contribution in [0.2, 0.25) is 0 Å². The topological polar surface area (TPSA) is 60.2 Å². The number of benzene rings is 2. The fourth-order valence-corrected chi connectivity index (χ4v) is 2.72. The van der Waals surface area contributed by atoms with Gasteiger partial charge < -0.3 is 9.64 Å². The van der Waals surface area contributed by atoms with E-state index < -0.39 is 6.10 Å². The van der Waals surface area contributed by atoms with Crippen LogP contribution in [0, 0.1) is 5.82 Å². The minimum absolute atomic E-state index is 0.137. The van der Waals surface area contributed by atoms with Crippen LogP contribution < -0.4 is 4.74 Å². The second-order valence-electron chi connectivity index (χ2n) is 6.27. The molecule has 0 fully saturated rings. The van der Waals surface area contributed by atoms with Crippen molar-refractivity contribution in [1.82, 2.24) is 19.7 Å². The van der Waals surface area contributed by atoms with Gasteiger partial charge >= 0.3 is 0 Å². The van der Waals surface area contributed by atoms with Crippen LogP contribution in [-0.4, -0.2) is 38.7 Å². The molecule has 0 saturated heterocycles. The summed E-state index contributed by atoms with van der Waals surface area (Å²) in [6.07, 6.45) is 2.42. The quantitative estimate of drug-likeness (QED) is 0.669. The maximum atomic E-state index is 13.0. The van der Waals surface area contributed by atoms with Gasteiger partial charge in [0.05, 0.1) is 11.7 Å². The van der Waals surface area contributed by atoms with E-state index in [-0.39, 0.29) is 17.8 Å². The van der Waals surface area contributed by atoms with Gasteiger partial charge in [-0.15, -0.1) is 0 Å². The Balaban J connectivity index is 1.65. The number of amides is 1. The van der Waals surface area contributed by atoms with E-state index in [2.05, 4.69) is 10.1 Å². The van der Waals surface area contributed by atoms with Crippen LogP contribution in [0.1, 0.15) is 25.5 Å². The second-order valence-corrected chi connectivity index (χ2v) is 6.27. The zero-order valence-corrected chi connectivity index (χ0v) is 15.4. The molecule has 1 heterocycles. The Morgan fingerprint density at radius 2 is 1.78 bits per heavy atom. The Morgan fingerprint density at radius 1 is 1.11 bits per heavy atom. The van der Waals surface area contributed by atoms with Gasteiger partial charge in [0.2, 0.25) is 0 Å². The third kappa shape index (κ3) is 4.31. The first-order valence-electron chi connectivity index (χ1n) is 8.59. The molecule has 3 rings (SSSR count). The molecule has 0 aliphatic heterocycles. The highest BCUT2D eigenvalue weighted by Gasteiger charge is 2.24. The molecule has 1 amide bonds. The molecule has 140 valence electrons. The number of hydrogen-bond acceptors (Lipinski definition) is 4. The van der Waals surface area contributed by atoms with Crippen LogP contribution >= 0.6 is 0 Å². The molecule has 0 radical (unpaired) electrons. The zero-order chi connectivity index (χ0) is 19.4. The molecule has 0 bridgehead atoms. The lowest BCUT2D eigenvalue weighted by molar-refractivity contribution is -0.138. The van der Waals surface area contributed by atoms with E-state index in [0.717, 1.165) is 11.3 Å². The van der Waals surface area contributed by atoms with E-state index >= 15 is 0 Å². The Labute approximate surface area is 157 Å². The Kier molecular flexibility index (Phi) is 5.49. The van der Waals surface area contributed by atoms with Crippen LogP contribution in [-0.2, 0) is 4.79 Å². The highest BCUT2D eigenvalue weighted by atomic mass is 19.1.